The molecule has 1 rings (SSSR count). The third-order valence-corrected chi connectivity index (χ3v) is 2.34. The number of aryl methyl sites for hydroxylation is 1. The number of nitrogens with zero attached hydrogens (tertiary/aromatic N) is 3. The predicted octanol–water partition coefficient (Wildman–Crippen LogP) is 0.996. The highest BCUT2D eigenvalue weighted by atomic mass is 15.3. The summed E-state index contributed by atoms with van der Waals surface area (Å²) < 4.78 is 1.91. The fourth-order valence-corrected chi connectivity index (χ4v) is 1.48. The van der Waals surface area contributed by atoms with Crippen LogP contribution in [0.15, 0.2) is 6.33 Å². The highest BCUT2D eigenvalue weighted by molar-refractivity contribution is 4.97. The number of hydrogen-bond donors (Lipinski definition) is 1. The van der Waals surface area contributed by atoms with E-state index >= 15 is 0 Å². The van der Waals surface area contributed by atoms with E-state index in [1.807, 2.05) is 4.68 Å². The van der Waals surface area contributed by atoms with Gasteiger partial charge in [-0.15, -0.1) is 0 Å². The Morgan fingerprint density at radius 1 is 1.54 bits per heavy atom. The molecule has 0 amide bonds. The van der Waals surface area contributed by atoms with Gasteiger partial charge in [0.15, 0.2) is 0 Å². The molecule has 0 spiro atoms. The van der Waals surface area contributed by atoms with Crippen molar-refractivity contribution in [1.82, 2.24) is 14.8 Å². The van der Waals surface area contributed by atoms with E-state index in [-0.39, 0.29) is 0 Å². The van der Waals surface area contributed by atoms with Crippen LogP contribution in [-0.4, -0.2) is 21.3 Å². The van der Waals surface area contributed by atoms with Crippen LogP contribution >= 0.6 is 0 Å². The minimum Gasteiger partial charge on any atom is -0.330 e. The fraction of sp³-hybridized carbons (Fsp3) is 0.778. The molecule has 0 saturated carbocycles. The van der Waals surface area contributed by atoms with E-state index in [9.17, 15) is 0 Å². The molecule has 1 aromatic heterocycles. The molecule has 0 aliphatic rings. The van der Waals surface area contributed by atoms with E-state index in [1.54, 1.807) is 6.33 Å². The molecule has 1 heterocycles. The molecule has 13 heavy (non-hydrogen) atoms. The van der Waals surface area contributed by atoms with E-state index in [1.165, 1.54) is 0 Å². The predicted molar refractivity (Wildman–Crippen MR) is 52.3 cm³/mol. The van der Waals surface area contributed by atoms with Crippen molar-refractivity contribution in [2.45, 2.75) is 33.2 Å². The monoisotopic (exact) mass is 182 g/mol. The van der Waals surface area contributed by atoms with E-state index in [0.29, 0.717) is 18.4 Å². The van der Waals surface area contributed by atoms with E-state index in [4.69, 9.17) is 5.73 Å². The van der Waals surface area contributed by atoms with Crippen molar-refractivity contribution in [3.63, 3.8) is 0 Å². The van der Waals surface area contributed by atoms with E-state index in [0.717, 1.165) is 12.4 Å². The maximum atomic E-state index is 5.71. The van der Waals surface area contributed by atoms with Gasteiger partial charge in [0.2, 0.25) is 0 Å². The van der Waals surface area contributed by atoms with E-state index < -0.39 is 0 Å². The minimum atomic E-state index is 0.322. The number of hydrogen-bond acceptors (Lipinski definition) is 3. The average Bonchev–Trinajstić information content (AvgIpc) is 2.53. The van der Waals surface area contributed by atoms with Crippen LogP contribution in [0.3, 0.4) is 0 Å². The zero-order chi connectivity index (χ0) is 9.84. The molecule has 4 heteroatoms. The zero-order valence-electron chi connectivity index (χ0n) is 8.57. The second-order valence-corrected chi connectivity index (χ2v) is 3.52. The smallest absolute Gasteiger partial charge is 0.138 e. The highest BCUT2D eigenvalue weighted by Gasteiger charge is 2.18. The highest BCUT2D eigenvalue weighted by Crippen LogP contribution is 2.20. The largest absolute Gasteiger partial charge is 0.330 e. The van der Waals surface area contributed by atoms with Gasteiger partial charge in [0.1, 0.15) is 12.2 Å². The average molecular weight is 182 g/mol. The second kappa shape index (κ2) is 4.37. The molecule has 1 unspecified atom stereocenters. The summed E-state index contributed by atoms with van der Waals surface area (Å²) in [5.41, 5.74) is 5.71. The van der Waals surface area contributed by atoms with Crippen molar-refractivity contribution in [1.29, 1.82) is 0 Å². The quantitative estimate of drug-likeness (QED) is 0.755. The standard InChI is InChI=1S/C9H18N4/c1-4-13-9(11-6-12-13)8(5-10)7(2)3/h6-8H,4-5,10H2,1-3H3. The van der Waals surface area contributed by atoms with Gasteiger partial charge in [0, 0.05) is 19.0 Å². The Kier molecular flexibility index (Phi) is 3.42. The molecule has 0 aliphatic carbocycles. The molecule has 0 aliphatic heterocycles. The van der Waals surface area contributed by atoms with Gasteiger partial charge in [-0.3, -0.25) is 4.68 Å². The zero-order valence-corrected chi connectivity index (χ0v) is 8.57. The topological polar surface area (TPSA) is 56.7 Å². The van der Waals surface area contributed by atoms with Crippen molar-refractivity contribution in [3.05, 3.63) is 12.2 Å². The summed E-state index contributed by atoms with van der Waals surface area (Å²) in [6.07, 6.45) is 1.60. The van der Waals surface area contributed by atoms with Crippen LogP contribution in [-0.2, 0) is 6.54 Å². The second-order valence-electron chi connectivity index (χ2n) is 3.52. The molecule has 4 nitrogen and oxygen atoms in total. The first kappa shape index (κ1) is 10.2. The Bertz CT molecular complexity index is 254. The molecule has 0 fully saturated rings. The first-order chi connectivity index (χ1) is 6.20. The Morgan fingerprint density at radius 2 is 2.23 bits per heavy atom. The number of rotatable bonds is 4. The lowest BCUT2D eigenvalue weighted by atomic mass is 9.95. The Morgan fingerprint density at radius 3 is 2.69 bits per heavy atom. The van der Waals surface area contributed by atoms with Gasteiger partial charge < -0.3 is 5.73 Å². The van der Waals surface area contributed by atoms with Crippen LogP contribution in [0.4, 0.5) is 0 Å². The molecule has 0 radical (unpaired) electrons. The third kappa shape index (κ3) is 2.06. The molecule has 0 saturated heterocycles. The Balaban J connectivity index is 2.90. The van der Waals surface area contributed by atoms with E-state index in [2.05, 4.69) is 30.9 Å². The molecule has 74 valence electrons. The van der Waals surface area contributed by atoms with Gasteiger partial charge in [-0.1, -0.05) is 13.8 Å². The molecular weight excluding hydrogens is 164 g/mol. The van der Waals surface area contributed by atoms with Crippen LogP contribution < -0.4 is 5.73 Å². The van der Waals surface area contributed by atoms with Gasteiger partial charge in [0.25, 0.3) is 0 Å². The maximum absolute atomic E-state index is 5.71. The van der Waals surface area contributed by atoms with Crippen molar-refractivity contribution in [3.8, 4) is 0 Å². The molecule has 1 atom stereocenters. The summed E-state index contributed by atoms with van der Waals surface area (Å²) >= 11 is 0. The number of aromatic nitrogens is 3. The minimum absolute atomic E-state index is 0.322. The normalized spacial score (nSPS) is 13.6. The van der Waals surface area contributed by atoms with Crippen molar-refractivity contribution >= 4 is 0 Å². The van der Waals surface area contributed by atoms with Crippen LogP contribution in [0.25, 0.3) is 0 Å². The SMILES string of the molecule is CCn1ncnc1C(CN)C(C)C. The summed E-state index contributed by atoms with van der Waals surface area (Å²) in [5, 5.41) is 4.14. The molecule has 2 N–H and O–H groups in total. The van der Waals surface area contributed by atoms with Crippen LogP contribution in [0.2, 0.25) is 0 Å². The Hall–Kier alpha value is -0.900. The first-order valence-electron chi connectivity index (χ1n) is 4.78. The van der Waals surface area contributed by atoms with Gasteiger partial charge >= 0.3 is 0 Å². The summed E-state index contributed by atoms with van der Waals surface area (Å²) in [6, 6.07) is 0. The van der Waals surface area contributed by atoms with Gasteiger partial charge in [0.05, 0.1) is 0 Å². The fourth-order valence-electron chi connectivity index (χ4n) is 1.48. The third-order valence-electron chi connectivity index (χ3n) is 2.34. The maximum Gasteiger partial charge on any atom is 0.138 e. The van der Waals surface area contributed by atoms with Crippen molar-refractivity contribution < 1.29 is 0 Å². The Labute approximate surface area is 79.2 Å². The molecule has 1 aromatic rings. The summed E-state index contributed by atoms with van der Waals surface area (Å²) in [4.78, 5) is 4.25. The summed E-state index contributed by atoms with van der Waals surface area (Å²) in [6.45, 7) is 7.87. The first-order valence-corrected chi connectivity index (χ1v) is 4.78. The lowest BCUT2D eigenvalue weighted by Gasteiger charge is -2.18. The summed E-state index contributed by atoms with van der Waals surface area (Å²) in [7, 11) is 0. The van der Waals surface area contributed by atoms with Crippen molar-refractivity contribution in [2.75, 3.05) is 6.54 Å². The molecule has 0 aromatic carbocycles. The lowest BCUT2D eigenvalue weighted by Crippen LogP contribution is -2.22. The van der Waals surface area contributed by atoms with Crippen LogP contribution in [0.5, 0.6) is 0 Å². The van der Waals surface area contributed by atoms with Gasteiger partial charge in [-0.05, 0) is 12.8 Å². The summed E-state index contributed by atoms with van der Waals surface area (Å²) in [5.74, 6) is 1.85. The van der Waals surface area contributed by atoms with Crippen LogP contribution in [0, 0.1) is 5.92 Å². The van der Waals surface area contributed by atoms with Crippen molar-refractivity contribution in [2.24, 2.45) is 11.7 Å². The number of nitrogens with two attached hydrogens (primary N) is 1. The molecule has 0 bridgehead atoms. The van der Waals surface area contributed by atoms with Crippen LogP contribution in [0.1, 0.15) is 32.5 Å². The van der Waals surface area contributed by atoms with Gasteiger partial charge in [-0.25, -0.2) is 4.98 Å². The lowest BCUT2D eigenvalue weighted by molar-refractivity contribution is 0.452. The molecular formula is C9H18N4. The van der Waals surface area contributed by atoms with Gasteiger partial charge in [-0.2, -0.15) is 5.10 Å².